The van der Waals surface area contributed by atoms with Crippen molar-refractivity contribution in [1.29, 1.82) is 0 Å². The molecule has 0 aliphatic carbocycles. The molecule has 0 aromatic heterocycles. The van der Waals surface area contributed by atoms with Crippen LogP contribution in [0.5, 0.6) is 0 Å². The minimum absolute atomic E-state index is 0.119. The predicted molar refractivity (Wildman–Crippen MR) is 97.4 cm³/mol. The molecule has 0 atom stereocenters. The van der Waals surface area contributed by atoms with Crippen LogP contribution in [0.2, 0.25) is 0 Å². The van der Waals surface area contributed by atoms with Gasteiger partial charge >= 0.3 is 0 Å². The van der Waals surface area contributed by atoms with E-state index in [1.165, 1.54) is 24.6 Å². The van der Waals surface area contributed by atoms with Gasteiger partial charge in [0.2, 0.25) is 5.91 Å². The summed E-state index contributed by atoms with van der Waals surface area (Å²) < 4.78 is 0. The average Bonchev–Trinajstić information content (AvgIpc) is 3.02. The van der Waals surface area contributed by atoms with E-state index in [1.807, 2.05) is 34.1 Å². The largest absolute Gasteiger partial charge is 0.342 e. The lowest BCUT2D eigenvalue weighted by molar-refractivity contribution is -0.127. The van der Waals surface area contributed by atoms with Gasteiger partial charge in [-0.25, -0.2) is 0 Å². The monoisotopic (exact) mass is 346 g/mol. The van der Waals surface area contributed by atoms with Crippen LogP contribution >= 0.6 is 11.8 Å². The fourth-order valence-electron chi connectivity index (χ4n) is 3.41. The Morgan fingerprint density at radius 3 is 2.12 bits per heavy atom. The van der Waals surface area contributed by atoms with Crippen molar-refractivity contribution in [2.75, 3.05) is 31.9 Å². The smallest absolute Gasteiger partial charge is 0.254 e. The molecule has 2 aliphatic rings. The Morgan fingerprint density at radius 1 is 0.833 bits per heavy atom. The first-order chi connectivity index (χ1) is 11.8. The molecule has 2 saturated heterocycles. The molecule has 130 valence electrons. The van der Waals surface area contributed by atoms with Gasteiger partial charge in [-0.3, -0.25) is 9.59 Å². The first-order valence-corrected chi connectivity index (χ1v) is 10.0. The number of hydrogen-bond donors (Lipinski definition) is 0. The number of amides is 2. The molecule has 5 heteroatoms. The average molecular weight is 346 g/mol. The van der Waals surface area contributed by atoms with E-state index in [0.29, 0.717) is 5.75 Å². The Bertz CT molecular complexity index is 576. The zero-order chi connectivity index (χ0) is 16.8. The van der Waals surface area contributed by atoms with Crippen LogP contribution in [0.3, 0.4) is 0 Å². The maximum absolute atomic E-state index is 12.9. The number of likely N-dealkylation sites (tertiary alicyclic amines) is 2. The van der Waals surface area contributed by atoms with Gasteiger partial charge in [-0.2, -0.15) is 0 Å². The highest BCUT2D eigenvalue weighted by Crippen LogP contribution is 2.25. The van der Waals surface area contributed by atoms with Crippen molar-refractivity contribution >= 4 is 23.6 Å². The summed E-state index contributed by atoms with van der Waals surface area (Å²) in [6.45, 7) is 3.47. The maximum atomic E-state index is 12.9. The SMILES string of the molecule is O=C(CSc1ccccc1C(=O)N1CCCCCC1)N1CCCC1. The molecule has 24 heavy (non-hydrogen) atoms. The highest BCUT2D eigenvalue weighted by atomic mass is 32.2. The summed E-state index contributed by atoms with van der Waals surface area (Å²) in [6.07, 6.45) is 6.83. The van der Waals surface area contributed by atoms with E-state index in [1.54, 1.807) is 0 Å². The molecular formula is C19H26N2O2S. The van der Waals surface area contributed by atoms with Crippen LogP contribution in [-0.4, -0.2) is 53.5 Å². The second kappa shape index (κ2) is 8.56. The molecule has 1 aromatic carbocycles. The van der Waals surface area contributed by atoms with Crippen LogP contribution in [0.1, 0.15) is 48.9 Å². The van der Waals surface area contributed by atoms with Crippen LogP contribution < -0.4 is 0 Å². The third kappa shape index (κ3) is 4.32. The summed E-state index contributed by atoms with van der Waals surface area (Å²) >= 11 is 1.50. The third-order valence-electron chi connectivity index (χ3n) is 4.82. The van der Waals surface area contributed by atoms with Gasteiger partial charge in [-0.1, -0.05) is 25.0 Å². The second-order valence-corrected chi connectivity index (χ2v) is 7.60. The molecule has 0 saturated carbocycles. The topological polar surface area (TPSA) is 40.6 Å². The van der Waals surface area contributed by atoms with Crippen LogP contribution in [0, 0.1) is 0 Å². The highest BCUT2D eigenvalue weighted by molar-refractivity contribution is 8.00. The molecule has 0 bridgehead atoms. The van der Waals surface area contributed by atoms with E-state index < -0.39 is 0 Å². The van der Waals surface area contributed by atoms with Gasteiger partial charge in [0.15, 0.2) is 0 Å². The second-order valence-electron chi connectivity index (χ2n) is 6.58. The molecule has 0 unspecified atom stereocenters. The van der Waals surface area contributed by atoms with Crippen molar-refractivity contribution in [3.8, 4) is 0 Å². The number of nitrogens with zero attached hydrogens (tertiary/aromatic N) is 2. The zero-order valence-corrected chi connectivity index (χ0v) is 15.0. The summed E-state index contributed by atoms with van der Waals surface area (Å²) in [5.41, 5.74) is 0.749. The van der Waals surface area contributed by atoms with Gasteiger partial charge in [0.05, 0.1) is 11.3 Å². The molecule has 2 aliphatic heterocycles. The standard InChI is InChI=1S/C19H26N2O2S/c22-18(20-11-7-8-12-20)15-24-17-10-4-3-9-16(17)19(23)21-13-5-1-2-6-14-21/h3-4,9-10H,1-2,5-8,11-15H2. The Morgan fingerprint density at radius 2 is 1.42 bits per heavy atom. The molecule has 0 N–H and O–H groups in total. The van der Waals surface area contributed by atoms with Crippen molar-refractivity contribution in [3.05, 3.63) is 29.8 Å². The summed E-state index contributed by atoms with van der Waals surface area (Å²) in [5, 5.41) is 0. The quantitative estimate of drug-likeness (QED) is 0.785. The van der Waals surface area contributed by atoms with E-state index in [2.05, 4.69) is 0 Å². The van der Waals surface area contributed by atoms with Crippen molar-refractivity contribution in [1.82, 2.24) is 9.80 Å². The first-order valence-electron chi connectivity index (χ1n) is 9.04. The lowest BCUT2D eigenvalue weighted by Crippen LogP contribution is -2.32. The normalized spacial score (nSPS) is 18.5. The number of carbonyl (C=O) groups is 2. The maximum Gasteiger partial charge on any atom is 0.254 e. The Kier molecular flexibility index (Phi) is 6.18. The van der Waals surface area contributed by atoms with Crippen LogP contribution in [0.25, 0.3) is 0 Å². The van der Waals surface area contributed by atoms with Crippen LogP contribution in [0.4, 0.5) is 0 Å². The summed E-state index contributed by atoms with van der Waals surface area (Å²) in [5.74, 6) is 0.729. The fourth-order valence-corrected chi connectivity index (χ4v) is 4.36. The summed E-state index contributed by atoms with van der Waals surface area (Å²) in [7, 11) is 0. The number of hydrogen-bond acceptors (Lipinski definition) is 3. The number of thioether (sulfide) groups is 1. The van der Waals surface area contributed by atoms with E-state index in [-0.39, 0.29) is 11.8 Å². The summed E-state index contributed by atoms with van der Waals surface area (Å²) in [4.78, 5) is 30.0. The first kappa shape index (κ1) is 17.3. The summed E-state index contributed by atoms with van der Waals surface area (Å²) in [6, 6.07) is 7.72. The van der Waals surface area contributed by atoms with Gasteiger partial charge < -0.3 is 9.80 Å². The van der Waals surface area contributed by atoms with Gasteiger partial charge in [-0.05, 0) is 37.8 Å². The zero-order valence-electron chi connectivity index (χ0n) is 14.2. The number of benzene rings is 1. The molecule has 4 nitrogen and oxygen atoms in total. The van der Waals surface area contributed by atoms with Crippen LogP contribution in [-0.2, 0) is 4.79 Å². The Hall–Kier alpha value is -1.49. The minimum Gasteiger partial charge on any atom is -0.342 e. The highest BCUT2D eigenvalue weighted by Gasteiger charge is 2.22. The number of rotatable bonds is 4. The Balaban J connectivity index is 1.65. The molecule has 3 rings (SSSR count). The van der Waals surface area contributed by atoms with Crippen molar-refractivity contribution < 1.29 is 9.59 Å². The van der Waals surface area contributed by atoms with Crippen molar-refractivity contribution in [2.24, 2.45) is 0 Å². The molecule has 2 fully saturated rings. The van der Waals surface area contributed by atoms with E-state index in [0.717, 1.165) is 62.3 Å². The Labute approximate surface area is 148 Å². The van der Waals surface area contributed by atoms with E-state index in [9.17, 15) is 9.59 Å². The number of carbonyl (C=O) groups excluding carboxylic acids is 2. The molecule has 2 heterocycles. The van der Waals surface area contributed by atoms with Crippen molar-refractivity contribution in [3.63, 3.8) is 0 Å². The molecule has 2 amide bonds. The predicted octanol–water partition coefficient (Wildman–Crippen LogP) is 3.42. The van der Waals surface area contributed by atoms with E-state index >= 15 is 0 Å². The lowest BCUT2D eigenvalue weighted by atomic mass is 10.2. The van der Waals surface area contributed by atoms with Gasteiger partial charge in [0, 0.05) is 31.1 Å². The molecule has 0 radical (unpaired) electrons. The van der Waals surface area contributed by atoms with Gasteiger partial charge in [0.1, 0.15) is 0 Å². The lowest BCUT2D eigenvalue weighted by Gasteiger charge is -2.22. The minimum atomic E-state index is 0.119. The molecular weight excluding hydrogens is 320 g/mol. The van der Waals surface area contributed by atoms with Gasteiger partial charge in [0.25, 0.3) is 5.91 Å². The van der Waals surface area contributed by atoms with Crippen molar-refractivity contribution in [2.45, 2.75) is 43.4 Å². The van der Waals surface area contributed by atoms with Crippen LogP contribution in [0.15, 0.2) is 29.2 Å². The van der Waals surface area contributed by atoms with Gasteiger partial charge in [-0.15, -0.1) is 11.8 Å². The van der Waals surface area contributed by atoms with E-state index in [4.69, 9.17) is 0 Å². The molecule has 1 aromatic rings. The fraction of sp³-hybridized carbons (Fsp3) is 0.579. The molecule has 0 spiro atoms. The third-order valence-corrected chi connectivity index (χ3v) is 5.88.